The average molecular weight is 302 g/mol. The maximum atomic E-state index is 11.8. The number of rotatable bonds is 5. The first-order valence-electron chi connectivity index (χ1n) is 6.65. The SMILES string of the molecule is O=C(O)C1CC1C(=O)NCc1nc(-c2ccccc2)cs1. The number of aromatic nitrogens is 1. The predicted molar refractivity (Wildman–Crippen MR) is 78.6 cm³/mol. The summed E-state index contributed by atoms with van der Waals surface area (Å²) in [6.07, 6.45) is 0.439. The van der Waals surface area contributed by atoms with Crippen molar-refractivity contribution < 1.29 is 14.7 Å². The summed E-state index contributed by atoms with van der Waals surface area (Å²) >= 11 is 1.48. The van der Waals surface area contributed by atoms with Crippen LogP contribution in [0.4, 0.5) is 0 Å². The highest BCUT2D eigenvalue weighted by Crippen LogP contribution is 2.38. The molecule has 0 aliphatic heterocycles. The van der Waals surface area contributed by atoms with Crippen molar-refractivity contribution in [3.05, 3.63) is 40.7 Å². The van der Waals surface area contributed by atoms with Gasteiger partial charge >= 0.3 is 5.97 Å². The molecular weight excluding hydrogens is 288 g/mol. The van der Waals surface area contributed by atoms with E-state index in [4.69, 9.17) is 5.11 Å². The van der Waals surface area contributed by atoms with Gasteiger partial charge in [-0.1, -0.05) is 30.3 Å². The molecule has 0 radical (unpaired) electrons. The van der Waals surface area contributed by atoms with Crippen LogP contribution >= 0.6 is 11.3 Å². The number of carbonyl (C=O) groups excluding carboxylic acids is 1. The third-order valence-electron chi connectivity index (χ3n) is 3.48. The van der Waals surface area contributed by atoms with Crippen LogP contribution in [0.1, 0.15) is 11.4 Å². The lowest BCUT2D eigenvalue weighted by atomic mass is 10.2. The van der Waals surface area contributed by atoms with Crippen molar-refractivity contribution in [1.29, 1.82) is 0 Å². The van der Waals surface area contributed by atoms with Crippen LogP contribution in [0, 0.1) is 11.8 Å². The fourth-order valence-corrected chi connectivity index (χ4v) is 2.93. The molecule has 1 heterocycles. The van der Waals surface area contributed by atoms with Gasteiger partial charge in [-0.3, -0.25) is 9.59 Å². The van der Waals surface area contributed by atoms with Crippen LogP contribution < -0.4 is 5.32 Å². The Morgan fingerprint density at radius 3 is 2.71 bits per heavy atom. The van der Waals surface area contributed by atoms with E-state index in [1.165, 1.54) is 11.3 Å². The number of amides is 1. The first-order chi connectivity index (χ1) is 10.1. The minimum atomic E-state index is -0.893. The van der Waals surface area contributed by atoms with Crippen molar-refractivity contribution >= 4 is 23.2 Å². The molecule has 1 fully saturated rings. The third kappa shape index (κ3) is 3.11. The second-order valence-corrected chi connectivity index (χ2v) is 5.94. The summed E-state index contributed by atoms with van der Waals surface area (Å²) < 4.78 is 0. The monoisotopic (exact) mass is 302 g/mol. The second kappa shape index (κ2) is 5.65. The lowest BCUT2D eigenvalue weighted by Gasteiger charge is -2.01. The number of nitrogens with zero attached hydrogens (tertiary/aromatic N) is 1. The van der Waals surface area contributed by atoms with E-state index in [0.717, 1.165) is 16.3 Å². The first-order valence-corrected chi connectivity index (χ1v) is 7.53. The van der Waals surface area contributed by atoms with Crippen LogP contribution in [0.3, 0.4) is 0 Å². The van der Waals surface area contributed by atoms with Gasteiger partial charge in [-0.15, -0.1) is 11.3 Å². The van der Waals surface area contributed by atoms with Gasteiger partial charge in [0.05, 0.1) is 24.1 Å². The topological polar surface area (TPSA) is 79.3 Å². The molecule has 2 atom stereocenters. The molecule has 3 rings (SSSR count). The van der Waals surface area contributed by atoms with Gasteiger partial charge in [0.15, 0.2) is 0 Å². The Hall–Kier alpha value is -2.21. The lowest BCUT2D eigenvalue weighted by molar-refractivity contribution is -0.140. The number of carbonyl (C=O) groups is 2. The van der Waals surface area contributed by atoms with Gasteiger partial charge in [0, 0.05) is 10.9 Å². The van der Waals surface area contributed by atoms with Crippen LogP contribution in [0.2, 0.25) is 0 Å². The lowest BCUT2D eigenvalue weighted by Crippen LogP contribution is -2.25. The third-order valence-corrected chi connectivity index (χ3v) is 4.33. The van der Waals surface area contributed by atoms with Gasteiger partial charge in [0.25, 0.3) is 0 Å². The molecule has 2 aromatic rings. The highest BCUT2D eigenvalue weighted by atomic mass is 32.1. The molecule has 1 amide bonds. The molecule has 1 aliphatic carbocycles. The van der Waals surface area contributed by atoms with Gasteiger partial charge in [0.2, 0.25) is 5.91 Å². The van der Waals surface area contributed by atoms with E-state index in [-0.39, 0.29) is 11.8 Å². The van der Waals surface area contributed by atoms with E-state index in [2.05, 4.69) is 10.3 Å². The van der Waals surface area contributed by atoms with Gasteiger partial charge in [-0.05, 0) is 6.42 Å². The van der Waals surface area contributed by atoms with Crippen molar-refractivity contribution in [2.75, 3.05) is 0 Å². The average Bonchev–Trinajstić information content (AvgIpc) is 3.17. The van der Waals surface area contributed by atoms with Crippen molar-refractivity contribution in [3.8, 4) is 11.3 Å². The van der Waals surface area contributed by atoms with Crippen molar-refractivity contribution in [3.63, 3.8) is 0 Å². The molecule has 0 spiro atoms. The highest BCUT2D eigenvalue weighted by molar-refractivity contribution is 7.09. The molecule has 5 nitrogen and oxygen atoms in total. The molecular formula is C15H14N2O3S. The molecule has 6 heteroatoms. The van der Waals surface area contributed by atoms with E-state index in [0.29, 0.717) is 13.0 Å². The molecule has 2 unspecified atom stereocenters. The summed E-state index contributed by atoms with van der Waals surface area (Å²) in [5, 5.41) is 14.3. The smallest absolute Gasteiger partial charge is 0.307 e. The Morgan fingerprint density at radius 1 is 1.29 bits per heavy atom. The quantitative estimate of drug-likeness (QED) is 0.887. The van der Waals surface area contributed by atoms with Crippen LogP contribution in [0.5, 0.6) is 0 Å². The summed E-state index contributed by atoms with van der Waals surface area (Å²) in [7, 11) is 0. The van der Waals surface area contributed by atoms with Gasteiger partial charge in [0.1, 0.15) is 5.01 Å². The number of aliphatic carboxylic acids is 1. The number of hydrogen-bond acceptors (Lipinski definition) is 4. The minimum absolute atomic E-state index is 0.195. The number of benzene rings is 1. The number of carboxylic acid groups (broad SMARTS) is 1. The largest absolute Gasteiger partial charge is 0.481 e. The van der Waals surface area contributed by atoms with Crippen LogP contribution in [-0.2, 0) is 16.1 Å². The zero-order valence-electron chi connectivity index (χ0n) is 11.2. The van der Waals surface area contributed by atoms with E-state index >= 15 is 0 Å². The van der Waals surface area contributed by atoms with Gasteiger partial charge in [-0.2, -0.15) is 0 Å². The highest BCUT2D eigenvalue weighted by Gasteiger charge is 2.48. The van der Waals surface area contributed by atoms with Gasteiger partial charge < -0.3 is 10.4 Å². The Morgan fingerprint density at radius 2 is 2.05 bits per heavy atom. The van der Waals surface area contributed by atoms with Crippen molar-refractivity contribution in [2.24, 2.45) is 11.8 Å². The van der Waals surface area contributed by atoms with Crippen molar-refractivity contribution in [1.82, 2.24) is 10.3 Å². The fourth-order valence-electron chi connectivity index (χ4n) is 2.19. The number of nitrogens with one attached hydrogen (secondary N) is 1. The molecule has 21 heavy (non-hydrogen) atoms. The molecule has 1 saturated carbocycles. The zero-order chi connectivity index (χ0) is 14.8. The Kier molecular flexibility index (Phi) is 3.70. The molecule has 108 valence electrons. The summed E-state index contributed by atoms with van der Waals surface area (Å²) in [5.74, 6) is -1.98. The first kappa shape index (κ1) is 13.8. The standard InChI is InChI=1S/C15H14N2O3S/c18-14(10-6-11(10)15(19)20)16-7-13-17-12(8-21-13)9-4-2-1-3-5-9/h1-5,8,10-11H,6-7H2,(H,16,18)(H,19,20). The molecule has 2 N–H and O–H groups in total. The summed E-state index contributed by atoms with van der Waals surface area (Å²) in [6.45, 7) is 0.346. The summed E-state index contributed by atoms with van der Waals surface area (Å²) in [4.78, 5) is 27.0. The Labute approximate surface area is 125 Å². The molecule has 0 bridgehead atoms. The van der Waals surface area contributed by atoms with Gasteiger partial charge in [-0.25, -0.2) is 4.98 Å². The Balaban J connectivity index is 1.56. The maximum absolute atomic E-state index is 11.8. The molecule has 1 aromatic heterocycles. The number of carboxylic acids is 1. The molecule has 1 aliphatic rings. The number of thiazole rings is 1. The van der Waals surface area contributed by atoms with E-state index in [9.17, 15) is 9.59 Å². The number of hydrogen-bond donors (Lipinski definition) is 2. The van der Waals surface area contributed by atoms with Crippen molar-refractivity contribution in [2.45, 2.75) is 13.0 Å². The molecule has 0 saturated heterocycles. The second-order valence-electron chi connectivity index (χ2n) is 5.00. The van der Waals surface area contributed by atoms with Crippen LogP contribution in [0.15, 0.2) is 35.7 Å². The maximum Gasteiger partial charge on any atom is 0.307 e. The predicted octanol–water partition coefficient (Wildman–Crippen LogP) is 2.15. The summed E-state index contributed by atoms with van der Waals surface area (Å²) in [6, 6.07) is 9.83. The zero-order valence-corrected chi connectivity index (χ0v) is 12.0. The Bertz CT molecular complexity index is 669. The normalized spacial score (nSPS) is 20.0. The summed E-state index contributed by atoms with van der Waals surface area (Å²) in [5.41, 5.74) is 1.93. The van der Waals surface area contributed by atoms with Crippen LogP contribution in [0.25, 0.3) is 11.3 Å². The minimum Gasteiger partial charge on any atom is -0.481 e. The van der Waals surface area contributed by atoms with E-state index in [1.807, 2.05) is 35.7 Å². The van der Waals surface area contributed by atoms with E-state index < -0.39 is 11.9 Å². The van der Waals surface area contributed by atoms with E-state index in [1.54, 1.807) is 0 Å². The van der Waals surface area contributed by atoms with Crippen LogP contribution in [-0.4, -0.2) is 22.0 Å². The fraction of sp³-hybridized carbons (Fsp3) is 0.267. The molecule has 1 aromatic carbocycles.